The number of nitrogens with zero attached hydrogens (tertiary/aromatic N) is 2. The summed E-state index contributed by atoms with van der Waals surface area (Å²) >= 11 is 0. The SMILES string of the molecule is CCN(C(C)CN(C)C)C1CCCC(N)(CO)C1. The first-order chi connectivity index (χ1) is 8.41. The molecule has 0 amide bonds. The summed E-state index contributed by atoms with van der Waals surface area (Å²) in [7, 11) is 4.23. The van der Waals surface area contributed by atoms with Crippen molar-refractivity contribution >= 4 is 0 Å². The summed E-state index contributed by atoms with van der Waals surface area (Å²) in [5, 5.41) is 9.45. The summed E-state index contributed by atoms with van der Waals surface area (Å²) in [6.07, 6.45) is 4.23. The fourth-order valence-corrected chi connectivity index (χ4v) is 3.35. The Bertz CT molecular complexity index is 247. The molecule has 0 saturated heterocycles. The molecule has 4 nitrogen and oxygen atoms in total. The molecule has 0 aromatic carbocycles. The molecule has 0 heterocycles. The summed E-state index contributed by atoms with van der Waals surface area (Å²) in [4.78, 5) is 4.79. The Morgan fingerprint density at radius 1 is 1.44 bits per heavy atom. The Morgan fingerprint density at radius 3 is 2.61 bits per heavy atom. The van der Waals surface area contributed by atoms with Gasteiger partial charge in [0.15, 0.2) is 0 Å². The molecule has 0 aromatic rings. The zero-order valence-corrected chi connectivity index (χ0v) is 12.5. The van der Waals surface area contributed by atoms with Gasteiger partial charge in [-0.3, -0.25) is 4.90 Å². The highest BCUT2D eigenvalue weighted by Crippen LogP contribution is 2.30. The van der Waals surface area contributed by atoms with Crippen LogP contribution < -0.4 is 5.73 Å². The summed E-state index contributed by atoms with van der Waals surface area (Å²) in [6.45, 7) is 6.75. The Labute approximate surface area is 112 Å². The second-order valence-corrected chi connectivity index (χ2v) is 6.21. The van der Waals surface area contributed by atoms with Gasteiger partial charge in [-0.25, -0.2) is 0 Å². The number of likely N-dealkylation sites (N-methyl/N-ethyl adjacent to an activating group) is 2. The van der Waals surface area contributed by atoms with Crippen LogP contribution in [0.3, 0.4) is 0 Å². The summed E-state index contributed by atoms with van der Waals surface area (Å²) < 4.78 is 0. The standard InChI is InChI=1S/C14H31N3O/c1-5-17(12(2)10-16(3)4)13-7-6-8-14(15,9-13)11-18/h12-13,18H,5-11,15H2,1-4H3. The van der Waals surface area contributed by atoms with E-state index >= 15 is 0 Å². The predicted octanol–water partition coefficient (Wildman–Crippen LogP) is 0.891. The molecule has 3 unspecified atom stereocenters. The van der Waals surface area contributed by atoms with Crippen molar-refractivity contribution in [3.8, 4) is 0 Å². The molecule has 1 rings (SSSR count). The lowest BCUT2D eigenvalue weighted by atomic mass is 9.79. The van der Waals surface area contributed by atoms with Crippen molar-refractivity contribution in [2.45, 2.75) is 57.2 Å². The maximum Gasteiger partial charge on any atom is 0.0611 e. The molecular weight excluding hydrogens is 226 g/mol. The van der Waals surface area contributed by atoms with Crippen molar-refractivity contribution in [1.29, 1.82) is 0 Å². The van der Waals surface area contributed by atoms with Gasteiger partial charge in [0, 0.05) is 24.2 Å². The third-order valence-electron chi connectivity index (χ3n) is 4.20. The van der Waals surface area contributed by atoms with E-state index in [9.17, 15) is 5.11 Å². The van der Waals surface area contributed by atoms with Gasteiger partial charge in [-0.15, -0.1) is 0 Å². The van der Waals surface area contributed by atoms with Gasteiger partial charge in [-0.05, 0) is 53.2 Å². The van der Waals surface area contributed by atoms with E-state index < -0.39 is 0 Å². The van der Waals surface area contributed by atoms with E-state index in [4.69, 9.17) is 5.73 Å². The molecular formula is C14H31N3O. The Kier molecular flexibility index (Phi) is 6.05. The normalized spacial score (nSPS) is 31.0. The Balaban J connectivity index is 2.64. The molecule has 1 aliphatic carbocycles. The van der Waals surface area contributed by atoms with Crippen molar-refractivity contribution in [2.24, 2.45) is 5.73 Å². The number of hydrogen-bond donors (Lipinski definition) is 2. The van der Waals surface area contributed by atoms with Crippen molar-refractivity contribution in [1.82, 2.24) is 9.80 Å². The third kappa shape index (κ3) is 4.19. The largest absolute Gasteiger partial charge is 0.394 e. The van der Waals surface area contributed by atoms with Crippen LogP contribution in [0.15, 0.2) is 0 Å². The lowest BCUT2D eigenvalue weighted by molar-refractivity contribution is 0.0551. The van der Waals surface area contributed by atoms with E-state index in [0.717, 1.165) is 32.4 Å². The van der Waals surface area contributed by atoms with Gasteiger partial charge in [-0.2, -0.15) is 0 Å². The number of hydrogen-bond acceptors (Lipinski definition) is 4. The second kappa shape index (κ2) is 6.85. The van der Waals surface area contributed by atoms with Crippen LogP contribution in [0, 0.1) is 0 Å². The van der Waals surface area contributed by atoms with Crippen LogP contribution in [0.2, 0.25) is 0 Å². The summed E-state index contributed by atoms with van der Waals surface area (Å²) in [6, 6.07) is 1.06. The lowest BCUT2D eigenvalue weighted by Gasteiger charge is -2.44. The van der Waals surface area contributed by atoms with Crippen LogP contribution in [0.5, 0.6) is 0 Å². The topological polar surface area (TPSA) is 52.7 Å². The number of aliphatic hydroxyl groups excluding tert-OH is 1. The van der Waals surface area contributed by atoms with Crippen molar-refractivity contribution < 1.29 is 5.11 Å². The van der Waals surface area contributed by atoms with E-state index in [1.807, 2.05) is 0 Å². The number of nitrogens with two attached hydrogens (primary N) is 1. The second-order valence-electron chi connectivity index (χ2n) is 6.21. The van der Waals surface area contributed by atoms with E-state index in [2.05, 4.69) is 37.7 Å². The van der Waals surface area contributed by atoms with Crippen molar-refractivity contribution in [3.05, 3.63) is 0 Å². The first kappa shape index (κ1) is 15.9. The first-order valence-electron chi connectivity index (χ1n) is 7.22. The highest BCUT2D eigenvalue weighted by Gasteiger charge is 2.35. The van der Waals surface area contributed by atoms with E-state index in [0.29, 0.717) is 12.1 Å². The van der Waals surface area contributed by atoms with Crippen LogP contribution >= 0.6 is 0 Å². The molecule has 108 valence electrons. The van der Waals surface area contributed by atoms with Gasteiger partial charge >= 0.3 is 0 Å². The average molecular weight is 257 g/mol. The van der Waals surface area contributed by atoms with Crippen LogP contribution in [0.4, 0.5) is 0 Å². The minimum atomic E-state index is -0.353. The lowest BCUT2D eigenvalue weighted by Crippen LogP contribution is -2.55. The fourth-order valence-electron chi connectivity index (χ4n) is 3.35. The molecule has 0 radical (unpaired) electrons. The molecule has 0 spiro atoms. The van der Waals surface area contributed by atoms with E-state index in [-0.39, 0.29) is 12.1 Å². The maximum atomic E-state index is 9.45. The van der Waals surface area contributed by atoms with Gasteiger partial charge in [0.05, 0.1) is 6.61 Å². The van der Waals surface area contributed by atoms with E-state index in [1.54, 1.807) is 0 Å². The molecule has 4 heteroatoms. The third-order valence-corrected chi connectivity index (χ3v) is 4.20. The average Bonchev–Trinajstić information content (AvgIpc) is 2.29. The number of rotatable bonds is 6. The van der Waals surface area contributed by atoms with Crippen molar-refractivity contribution in [3.63, 3.8) is 0 Å². The van der Waals surface area contributed by atoms with Gasteiger partial charge in [0.25, 0.3) is 0 Å². The number of aliphatic hydroxyl groups is 1. The zero-order chi connectivity index (χ0) is 13.8. The summed E-state index contributed by atoms with van der Waals surface area (Å²) in [5.41, 5.74) is 5.90. The molecule has 3 atom stereocenters. The Morgan fingerprint density at radius 2 is 2.11 bits per heavy atom. The van der Waals surface area contributed by atoms with Gasteiger partial charge in [0.1, 0.15) is 0 Å². The maximum absolute atomic E-state index is 9.45. The highest BCUT2D eigenvalue weighted by molar-refractivity contribution is 4.94. The van der Waals surface area contributed by atoms with Crippen LogP contribution in [-0.2, 0) is 0 Å². The molecule has 1 saturated carbocycles. The van der Waals surface area contributed by atoms with Crippen LogP contribution in [0.25, 0.3) is 0 Å². The van der Waals surface area contributed by atoms with Crippen molar-refractivity contribution in [2.75, 3.05) is 33.8 Å². The quantitative estimate of drug-likeness (QED) is 0.742. The smallest absolute Gasteiger partial charge is 0.0611 e. The molecule has 1 aliphatic rings. The van der Waals surface area contributed by atoms with Crippen LogP contribution in [-0.4, -0.2) is 66.3 Å². The first-order valence-corrected chi connectivity index (χ1v) is 7.22. The molecule has 3 N–H and O–H groups in total. The zero-order valence-electron chi connectivity index (χ0n) is 12.5. The molecule has 18 heavy (non-hydrogen) atoms. The predicted molar refractivity (Wildman–Crippen MR) is 76.7 cm³/mol. The molecule has 0 aliphatic heterocycles. The summed E-state index contributed by atoms with van der Waals surface area (Å²) in [5.74, 6) is 0. The highest BCUT2D eigenvalue weighted by atomic mass is 16.3. The Hall–Kier alpha value is -0.160. The van der Waals surface area contributed by atoms with E-state index in [1.165, 1.54) is 6.42 Å². The molecule has 0 bridgehead atoms. The molecule has 1 fully saturated rings. The van der Waals surface area contributed by atoms with Gasteiger partial charge in [0.2, 0.25) is 0 Å². The minimum Gasteiger partial charge on any atom is -0.394 e. The van der Waals surface area contributed by atoms with Crippen LogP contribution in [0.1, 0.15) is 39.5 Å². The fraction of sp³-hybridized carbons (Fsp3) is 1.00. The minimum absolute atomic E-state index is 0.114. The van der Waals surface area contributed by atoms with Gasteiger partial charge < -0.3 is 15.7 Å². The monoisotopic (exact) mass is 257 g/mol. The molecule has 0 aromatic heterocycles. The van der Waals surface area contributed by atoms with Gasteiger partial charge in [-0.1, -0.05) is 6.92 Å².